The van der Waals surface area contributed by atoms with Gasteiger partial charge in [0.2, 0.25) is 5.78 Å². The van der Waals surface area contributed by atoms with Crippen LogP contribution in [0.25, 0.3) is 0 Å². The zero-order valence-electron chi connectivity index (χ0n) is 13.3. The lowest BCUT2D eigenvalue weighted by Crippen LogP contribution is -2.17. The summed E-state index contributed by atoms with van der Waals surface area (Å²) >= 11 is 1.16. The van der Waals surface area contributed by atoms with Crippen molar-refractivity contribution >= 4 is 17.3 Å². The summed E-state index contributed by atoms with van der Waals surface area (Å²) in [6, 6.07) is 3.77. The van der Waals surface area contributed by atoms with Crippen LogP contribution in [0, 0.1) is 13.8 Å². The molecule has 0 fully saturated rings. The number of benzene rings is 1. The second kappa shape index (κ2) is 5.56. The van der Waals surface area contributed by atoms with Gasteiger partial charge in [-0.05, 0) is 48.6 Å². The molecule has 0 saturated carbocycles. The van der Waals surface area contributed by atoms with Crippen molar-refractivity contribution in [2.45, 2.75) is 40.0 Å². The van der Waals surface area contributed by atoms with Crippen LogP contribution < -0.4 is 4.74 Å². The molecule has 1 aromatic heterocycles. The highest BCUT2D eigenvalue weighted by Gasteiger charge is 2.27. The third-order valence-electron chi connectivity index (χ3n) is 3.39. The summed E-state index contributed by atoms with van der Waals surface area (Å²) in [5.74, 6) is 0.778. The Morgan fingerprint density at radius 1 is 1.19 bits per heavy atom. The van der Waals surface area contributed by atoms with E-state index in [0.29, 0.717) is 10.4 Å². The van der Waals surface area contributed by atoms with Gasteiger partial charge in [-0.3, -0.25) is 4.79 Å². The van der Waals surface area contributed by atoms with Crippen LogP contribution in [0.2, 0.25) is 0 Å². The van der Waals surface area contributed by atoms with Crippen LogP contribution in [0.5, 0.6) is 5.75 Å². The van der Waals surface area contributed by atoms with Crippen LogP contribution in [0.15, 0.2) is 12.1 Å². The van der Waals surface area contributed by atoms with Crippen LogP contribution in [0.3, 0.4) is 0 Å². The normalized spacial score (nSPS) is 11.5. The Morgan fingerprint density at radius 2 is 1.86 bits per heavy atom. The summed E-state index contributed by atoms with van der Waals surface area (Å²) in [7, 11) is 1.63. The highest BCUT2D eigenvalue weighted by molar-refractivity contribution is 7.08. The van der Waals surface area contributed by atoms with Gasteiger partial charge in [0, 0.05) is 11.0 Å². The number of hydrogen-bond acceptors (Lipinski definition) is 5. The Hall–Kier alpha value is -1.75. The number of methoxy groups -OCH3 is 1. The van der Waals surface area contributed by atoms with Gasteiger partial charge in [0.25, 0.3) is 0 Å². The summed E-state index contributed by atoms with van der Waals surface area (Å²) in [5.41, 5.74) is 3.08. The quantitative estimate of drug-likeness (QED) is 0.811. The monoisotopic (exact) mass is 304 g/mol. The number of ketones is 1. The Kier molecular flexibility index (Phi) is 4.14. The average molecular weight is 304 g/mol. The van der Waals surface area contributed by atoms with E-state index in [9.17, 15) is 4.79 Å². The number of carbonyl (C=O) groups excluding carboxylic acids is 1. The van der Waals surface area contributed by atoms with Crippen LogP contribution >= 0.6 is 11.5 Å². The maximum Gasteiger partial charge on any atom is 0.206 e. The van der Waals surface area contributed by atoms with Crippen LogP contribution in [0.4, 0.5) is 0 Å². The number of carbonyl (C=O) groups is 1. The van der Waals surface area contributed by atoms with Crippen LogP contribution in [-0.2, 0) is 5.41 Å². The summed E-state index contributed by atoms with van der Waals surface area (Å²) in [4.78, 5) is 13.5. The third kappa shape index (κ3) is 2.97. The molecule has 0 amide bonds. The van der Waals surface area contributed by atoms with E-state index >= 15 is 0 Å². The molecule has 0 aliphatic heterocycles. The molecular weight excluding hydrogens is 284 g/mol. The van der Waals surface area contributed by atoms with E-state index < -0.39 is 0 Å². The molecule has 0 N–H and O–H groups in total. The molecule has 2 aromatic rings. The second-order valence-corrected chi connectivity index (χ2v) is 6.92. The Labute approximate surface area is 129 Å². The molecule has 21 heavy (non-hydrogen) atoms. The molecule has 112 valence electrons. The lowest BCUT2D eigenvalue weighted by atomic mass is 9.89. The average Bonchev–Trinajstić information content (AvgIpc) is 2.89. The molecule has 0 spiro atoms. The van der Waals surface area contributed by atoms with Gasteiger partial charge in [0.1, 0.15) is 10.6 Å². The molecule has 4 nitrogen and oxygen atoms in total. The predicted molar refractivity (Wildman–Crippen MR) is 84.5 cm³/mol. The smallest absolute Gasteiger partial charge is 0.206 e. The second-order valence-electron chi connectivity index (χ2n) is 6.17. The lowest BCUT2D eigenvalue weighted by Gasteiger charge is -2.16. The molecule has 1 heterocycles. The molecule has 0 atom stereocenters. The highest BCUT2D eigenvalue weighted by Crippen LogP contribution is 2.30. The lowest BCUT2D eigenvalue weighted by molar-refractivity contribution is 0.103. The van der Waals surface area contributed by atoms with E-state index in [0.717, 1.165) is 34.1 Å². The fraction of sp³-hybridized carbons (Fsp3) is 0.438. The summed E-state index contributed by atoms with van der Waals surface area (Å²) in [6.45, 7) is 9.96. The van der Waals surface area contributed by atoms with Gasteiger partial charge in [-0.25, -0.2) is 0 Å². The van der Waals surface area contributed by atoms with Crippen molar-refractivity contribution in [1.82, 2.24) is 9.59 Å². The number of hydrogen-bond donors (Lipinski definition) is 0. The Morgan fingerprint density at radius 3 is 2.43 bits per heavy atom. The summed E-state index contributed by atoms with van der Waals surface area (Å²) in [5, 5.41) is 4.14. The number of ether oxygens (including phenoxy) is 1. The van der Waals surface area contributed by atoms with Crippen LogP contribution in [-0.4, -0.2) is 22.5 Å². The predicted octanol–water partition coefficient (Wildman–Crippen LogP) is 3.69. The number of aryl methyl sites for hydroxylation is 2. The van der Waals surface area contributed by atoms with Crippen molar-refractivity contribution in [1.29, 1.82) is 0 Å². The zero-order valence-corrected chi connectivity index (χ0v) is 14.1. The molecular formula is C16H20N2O2S. The van der Waals surface area contributed by atoms with E-state index in [1.807, 2.05) is 46.8 Å². The summed E-state index contributed by atoms with van der Waals surface area (Å²) < 4.78 is 9.26. The molecule has 0 aliphatic rings. The topological polar surface area (TPSA) is 52.1 Å². The largest absolute Gasteiger partial charge is 0.496 e. The fourth-order valence-corrected chi connectivity index (χ4v) is 3.04. The number of nitrogens with zero attached hydrogens (tertiary/aromatic N) is 2. The first kappa shape index (κ1) is 15.6. The Bertz CT molecular complexity index is 684. The minimum absolute atomic E-state index is 0.0156. The van der Waals surface area contributed by atoms with Crippen molar-refractivity contribution in [2.75, 3.05) is 7.11 Å². The van der Waals surface area contributed by atoms with Crippen molar-refractivity contribution < 1.29 is 9.53 Å². The molecule has 0 bridgehead atoms. The van der Waals surface area contributed by atoms with Gasteiger partial charge in [0.15, 0.2) is 0 Å². The number of aromatic nitrogens is 2. The third-order valence-corrected chi connectivity index (χ3v) is 4.12. The molecule has 0 saturated heterocycles. The van der Waals surface area contributed by atoms with Gasteiger partial charge in [-0.1, -0.05) is 25.3 Å². The Balaban J connectivity index is 2.51. The van der Waals surface area contributed by atoms with Gasteiger partial charge in [-0.15, -0.1) is 5.10 Å². The van der Waals surface area contributed by atoms with E-state index in [-0.39, 0.29) is 11.2 Å². The standard InChI is InChI=1S/C16H20N2O2S/c1-9-8-12(20-6)10(2)7-11(9)13(19)14-15(16(3,4)5)17-18-21-14/h7-8H,1-6H3. The van der Waals surface area contributed by atoms with E-state index in [4.69, 9.17) is 4.74 Å². The first-order chi connectivity index (χ1) is 9.75. The maximum atomic E-state index is 12.8. The van der Waals surface area contributed by atoms with Crippen molar-refractivity contribution in [3.63, 3.8) is 0 Å². The molecule has 1 aromatic carbocycles. The maximum absolute atomic E-state index is 12.8. The minimum atomic E-state index is -0.201. The van der Waals surface area contributed by atoms with Crippen molar-refractivity contribution in [3.8, 4) is 5.75 Å². The van der Waals surface area contributed by atoms with Gasteiger partial charge in [0.05, 0.1) is 12.8 Å². The molecule has 0 aliphatic carbocycles. The highest BCUT2D eigenvalue weighted by atomic mass is 32.1. The molecule has 5 heteroatoms. The molecule has 0 unspecified atom stereocenters. The van der Waals surface area contributed by atoms with Gasteiger partial charge < -0.3 is 4.74 Å². The van der Waals surface area contributed by atoms with Crippen molar-refractivity contribution in [2.24, 2.45) is 0 Å². The SMILES string of the molecule is COc1cc(C)c(C(=O)c2snnc2C(C)(C)C)cc1C. The van der Waals surface area contributed by atoms with E-state index in [2.05, 4.69) is 9.59 Å². The fourth-order valence-electron chi connectivity index (χ4n) is 2.21. The summed E-state index contributed by atoms with van der Waals surface area (Å²) in [6.07, 6.45) is 0. The molecule has 2 rings (SSSR count). The first-order valence-electron chi connectivity index (χ1n) is 6.78. The van der Waals surface area contributed by atoms with E-state index in [1.54, 1.807) is 7.11 Å². The van der Waals surface area contributed by atoms with Crippen molar-refractivity contribution in [3.05, 3.63) is 39.4 Å². The first-order valence-corrected chi connectivity index (χ1v) is 7.55. The number of rotatable bonds is 3. The van der Waals surface area contributed by atoms with E-state index in [1.165, 1.54) is 0 Å². The zero-order chi connectivity index (χ0) is 15.8. The van der Waals surface area contributed by atoms with Gasteiger partial charge >= 0.3 is 0 Å². The molecule has 0 radical (unpaired) electrons. The minimum Gasteiger partial charge on any atom is -0.496 e. The van der Waals surface area contributed by atoms with Crippen LogP contribution in [0.1, 0.15) is 52.8 Å². The van der Waals surface area contributed by atoms with Gasteiger partial charge in [-0.2, -0.15) is 0 Å².